The van der Waals surface area contributed by atoms with E-state index >= 15 is 0 Å². The molecule has 4 rings (SSSR count). The van der Waals surface area contributed by atoms with Gasteiger partial charge in [0.1, 0.15) is 0 Å². The van der Waals surface area contributed by atoms with Gasteiger partial charge >= 0.3 is 0 Å². The molecular weight excluding hydrogens is 372 g/mol. The minimum atomic E-state index is -0.507. The van der Waals surface area contributed by atoms with Crippen molar-refractivity contribution in [3.8, 4) is 0 Å². The minimum Gasteiger partial charge on any atom is -0.393 e. The van der Waals surface area contributed by atoms with Crippen molar-refractivity contribution in [2.24, 2.45) is 46.3 Å². The van der Waals surface area contributed by atoms with Gasteiger partial charge in [0, 0.05) is 0 Å². The average molecular weight is 421 g/mol. The molecule has 0 heterocycles. The molecule has 4 fully saturated rings. The monoisotopic (exact) mass is 420 g/mol. The summed E-state index contributed by atoms with van der Waals surface area (Å²) in [5.41, 5.74) is 0.711. The van der Waals surface area contributed by atoms with Gasteiger partial charge in [-0.2, -0.15) is 0 Å². The van der Waals surface area contributed by atoms with E-state index in [-0.39, 0.29) is 11.5 Å². The maximum atomic E-state index is 10.8. The van der Waals surface area contributed by atoms with Crippen LogP contribution in [0.3, 0.4) is 0 Å². The van der Waals surface area contributed by atoms with Crippen molar-refractivity contribution in [3.05, 3.63) is 0 Å². The van der Waals surface area contributed by atoms with Gasteiger partial charge in [-0.3, -0.25) is 0 Å². The topological polar surface area (TPSA) is 60.7 Å². The number of aliphatic hydroxyl groups is 3. The second-order valence-corrected chi connectivity index (χ2v) is 12.4. The predicted octanol–water partition coefficient (Wildman–Crippen LogP) is 5.55. The summed E-state index contributed by atoms with van der Waals surface area (Å²) < 4.78 is 0. The molecular formula is C27H48O3. The van der Waals surface area contributed by atoms with Crippen LogP contribution in [0.1, 0.15) is 105 Å². The molecule has 3 heteroatoms. The van der Waals surface area contributed by atoms with Crippen molar-refractivity contribution in [3.63, 3.8) is 0 Å². The summed E-state index contributed by atoms with van der Waals surface area (Å²) in [5.74, 6) is 4.32. The first-order valence-corrected chi connectivity index (χ1v) is 13.3. The molecule has 0 radical (unpaired) electrons. The van der Waals surface area contributed by atoms with Gasteiger partial charge in [-0.25, -0.2) is 0 Å². The van der Waals surface area contributed by atoms with Crippen molar-refractivity contribution in [1.82, 2.24) is 0 Å². The van der Waals surface area contributed by atoms with Crippen LogP contribution in [0.15, 0.2) is 0 Å². The molecule has 30 heavy (non-hydrogen) atoms. The Labute approximate surface area is 185 Å². The molecule has 11 atom stereocenters. The first-order valence-electron chi connectivity index (χ1n) is 13.3. The summed E-state index contributed by atoms with van der Waals surface area (Å²) in [7, 11) is 0. The fourth-order valence-electron chi connectivity index (χ4n) is 9.37. The number of rotatable bonds is 6. The summed E-state index contributed by atoms with van der Waals surface area (Å²) in [6.07, 6.45) is 12.9. The third kappa shape index (κ3) is 3.69. The van der Waals surface area contributed by atoms with Crippen LogP contribution in [0.5, 0.6) is 0 Å². The Morgan fingerprint density at radius 3 is 2.23 bits per heavy atom. The van der Waals surface area contributed by atoms with Gasteiger partial charge in [-0.05, 0) is 111 Å². The van der Waals surface area contributed by atoms with E-state index in [1.165, 1.54) is 44.9 Å². The molecule has 0 spiro atoms. The van der Waals surface area contributed by atoms with Gasteiger partial charge in [0.2, 0.25) is 0 Å². The van der Waals surface area contributed by atoms with E-state index in [0.29, 0.717) is 11.3 Å². The Balaban J connectivity index is 1.45. The molecule has 174 valence electrons. The SMILES string of the molecule is CCC(O)CCCC(C)[C@H]1CC[C@H]2[C@@H]3CC[C@H]4[C@@H](O)[C@@H](O)CC[C@]4(C)[C@H]3CC[C@]12C. The van der Waals surface area contributed by atoms with Crippen LogP contribution in [0, 0.1) is 46.3 Å². The van der Waals surface area contributed by atoms with Crippen molar-refractivity contribution >= 4 is 0 Å². The van der Waals surface area contributed by atoms with E-state index in [4.69, 9.17) is 0 Å². The van der Waals surface area contributed by atoms with E-state index in [1.54, 1.807) is 0 Å². The van der Waals surface area contributed by atoms with E-state index in [2.05, 4.69) is 27.7 Å². The van der Waals surface area contributed by atoms with Crippen molar-refractivity contribution in [2.75, 3.05) is 0 Å². The van der Waals surface area contributed by atoms with Crippen LogP contribution in [0.4, 0.5) is 0 Å². The maximum Gasteiger partial charge on any atom is 0.0832 e. The molecule has 0 amide bonds. The lowest BCUT2D eigenvalue weighted by Gasteiger charge is -2.62. The first kappa shape index (κ1) is 23.1. The van der Waals surface area contributed by atoms with Crippen LogP contribution in [0.25, 0.3) is 0 Å². The molecule has 0 aromatic carbocycles. The Hall–Kier alpha value is -0.120. The van der Waals surface area contributed by atoms with Gasteiger partial charge in [0.05, 0.1) is 18.3 Å². The lowest BCUT2D eigenvalue weighted by Crippen LogP contribution is -2.58. The molecule has 4 saturated carbocycles. The number of hydrogen-bond acceptors (Lipinski definition) is 3. The Kier molecular flexibility index (Phi) is 6.66. The van der Waals surface area contributed by atoms with E-state index < -0.39 is 12.2 Å². The molecule has 0 aromatic rings. The zero-order valence-electron chi connectivity index (χ0n) is 20.0. The van der Waals surface area contributed by atoms with Crippen LogP contribution in [-0.2, 0) is 0 Å². The Morgan fingerprint density at radius 1 is 0.833 bits per heavy atom. The normalized spacial score (nSPS) is 50.3. The fraction of sp³-hybridized carbons (Fsp3) is 1.00. The third-order valence-electron chi connectivity index (χ3n) is 11.2. The Morgan fingerprint density at radius 2 is 1.50 bits per heavy atom. The van der Waals surface area contributed by atoms with E-state index in [1.807, 2.05) is 0 Å². The standard InChI is InChI=1S/C27H48O3/c1-5-18(28)8-6-7-17(2)20-11-12-21-19-9-10-23-25(30)24(29)14-16-27(23,4)22(19)13-15-26(20,21)3/h17-25,28-30H,5-16H2,1-4H3/t17?,18?,19-,20+,21-,22-,23-,24-,25+,26+,27+/m0/s1. The largest absolute Gasteiger partial charge is 0.393 e. The molecule has 0 bridgehead atoms. The summed E-state index contributed by atoms with van der Waals surface area (Å²) in [5, 5.41) is 30.9. The molecule has 3 nitrogen and oxygen atoms in total. The molecule has 3 N–H and O–H groups in total. The van der Waals surface area contributed by atoms with Crippen LogP contribution < -0.4 is 0 Å². The minimum absolute atomic E-state index is 0.111. The zero-order chi connectivity index (χ0) is 21.7. The molecule has 4 aliphatic carbocycles. The van der Waals surface area contributed by atoms with Crippen LogP contribution in [-0.4, -0.2) is 33.6 Å². The quantitative estimate of drug-likeness (QED) is 0.527. The van der Waals surface area contributed by atoms with Crippen molar-refractivity contribution < 1.29 is 15.3 Å². The van der Waals surface area contributed by atoms with Crippen LogP contribution in [0.2, 0.25) is 0 Å². The van der Waals surface area contributed by atoms with E-state index in [9.17, 15) is 15.3 Å². The van der Waals surface area contributed by atoms with Gasteiger partial charge in [-0.1, -0.05) is 40.5 Å². The van der Waals surface area contributed by atoms with Crippen molar-refractivity contribution in [2.45, 2.75) is 123 Å². The highest BCUT2D eigenvalue weighted by molar-refractivity contribution is 5.11. The summed E-state index contributed by atoms with van der Waals surface area (Å²) >= 11 is 0. The summed E-state index contributed by atoms with van der Waals surface area (Å²) in [6, 6.07) is 0. The maximum absolute atomic E-state index is 10.8. The van der Waals surface area contributed by atoms with Gasteiger partial charge < -0.3 is 15.3 Å². The predicted molar refractivity (Wildman–Crippen MR) is 122 cm³/mol. The second-order valence-electron chi connectivity index (χ2n) is 12.4. The fourth-order valence-corrected chi connectivity index (χ4v) is 9.37. The molecule has 0 aromatic heterocycles. The molecule has 2 unspecified atom stereocenters. The van der Waals surface area contributed by atoms with Gasteiger partial charge in [0.25, 0.3) is 0 Å². The van der Waals surface area contributed by atoms with Crippen LogP contribution >= 0.6 is 0 Å². The first-order chi connectivity index (χ1) is 14.2. The Bertz CT molecular complexity index is 593. The zero-order valence-corrected chi connectivity index (χ0v) is 20.0. The lowest BCUT2D eigenvalue weighted by molar-refractivity contribution is -0.174. The highest BCUT2D eigenvalue weighted by Crippen LogP contribution is 2.68. The molecule has 4 aliphatic rings. The van der Waals surface area contributed by atoms with E-state index in [0.717, 1.165) is 61.7 Å². The van der Waals surface area contributed by atoms with Gasteiger partial charge in [-0.15, -0.1) is 0 Å². The number of fused-ring (bicyclic) bond motifs is 5. The molecule has 0 aliphatic heterocycles. The third-order valence-corrected chi connectivity index (χ3v) is 11.2. The molecule has 0 saturated heterocycles. The van der Waals surface area contributed by atoms with Crippen molar-refractivity contribution in [1.29, 1.82) is 0 Å². The lowest BCUT2D eigenvalue weighted by atomic mass is 9.44. The summed E-state index contributed by atoms with van der Waals surface area (Å²) in [4.78, 5) is 0. The average Bonchev–Trinajstić information content (AvgIpc) is 3.08. The second kappa shape index (κ2) is 8.67. The smallest absolute Gasteiger partial charge is 0.0832 e. The summed E-state index contributed by atoms with van der Waals surface area (Å²) in [6.45, 7) is 9.65. The number of aliphatic hydroxyl groups excluding tert-OH is 3. The highest BCUT2D eigenvalue weighted by Gasteiger charge is 2.61. The highest BCUT2D eigenvalue weighted by atomic mass is 16.3. The number of hydrogen-bond donors (Lipinski definition) is 3. The van der Waals surface area contributed by atoms with Gasteiger partial charge in [0.15, 0.2) is 0 Å².